The number of halogens is 7. The molecule has 4 nitrogen and oxygen atoms in total. The molecule has 1 aliphatic rings. The molecule has 1 fully saturated rings. The second kappa shape index (κ2) is 9.73. The molecule has 2 atom stereocenters. The van der Waals surface area contributed by atoms with Crippen LogP contribution in [0, 0.1) is 11.7 Å². The van der Waals surface area contributed by atoms with E-state index >= 15 is 0 Å². The fraction of sp³-hybridized carbons (Fsp3) is 0.130. The summed E-state index contributed by atoms with van der Waals surface area (Å²) in [5.74, 6) is -2.91. The highest BCUT2D eigenvalue weighted by Crippen LogP contribution is 2.66. The van der Waals surface area contributed by atoms with Crippen molar-refractivity contribution in [3.05, 3.63) is 91.6 Å². The molecule has 0 heterocycles. The summed E-state index contributed by atoms with van der Waals surface area (Å²) in [6.45, 7) is 0. The number of amides is 2. The minimum absolute atomic E-state index is 0.103. The van der Waals surface area contributed by atoms with E-state index in [-0.39, 0.29) is 25.7 Å². The second-order valence-electron chi connectivity index (χ2n) is 7.56. The number of benzene rings is 3. The van der Waals surface area contributed by atoms with Crippen molar-refractivity contribution in [2.45, 2.75) is 10.3 Å². The summed E-state index contributed by atoms with van der Waals surface area (Å²) in [5.41, 5.74) is 1.28. The van der Waals surface area contributed by atoms with Gasteiger partial charge in [-0.1, -0.05) is 46.4 Å². The molecule has 1 saturated carbocycles. The Kier molecular flexibility index (Phi) is 7.26. The molecule has 11 heteroatoms. The largest absolute Gasteiger partial charge is 0.326 e. The Labute approximate surface area is 224 Å². The van der Waals surface area contributed by atoms with Crippen LogP contribution in [0.25, 0.3) is 0 Å². The Morgan fingerprint density at radius 2 is 1.38 bits per heavy atom. The van der Waals surface area contributed by atoms with E-state index < -0.39 is 33.8 Å². The van der Waals surface area contributed by atoms with Crippen LogP contribution in [-0.2, 0) is 4.79 Å². The number of hydrogen-bond donors (Lipinski definition) is 2. The van der Waals surface area contributed by atoms with Crippen molar-refractivity contribution in [3.8, 4) is 0 Å². The van der Waals surface area contributed by atoms with Crippen molar-refractivity contribution in [2.75, 3.05) is 10.6 Å². The third-order valence-electron chi connectivity index (χ3n) is 5.29. The number of alkyl halides is 2. The van der Waals surface area contributed by atoms with E-state index in [1.54, 1.807) is 0 Å². The quantitative estimate of drug-likeness (QED) is 0.236. The van der Waals surface area contributed by atoms with E-state index in [0.717, 1.165) is 0 Å². The lowest BCUT2D eigenvalue weighted by atomic mass is 10.1. The molecule has 1 aliphatic carbocycles. The van der Waals surface area contributed by atoms with Gasteiger partial charge in [-0.25, -0.2) is 4.39 Å². The summed E-state index contributed by atoms with van der Waals surface area (Å²) < 4.78 is 11.7. The molecule has 3 aromatic carbocycles. The molecule has 0 spiro atoms. The molecular formula is C23H13Cl6FN2O2. The van der Waals surface area contributed by atoms with Crippen molar-refractivity contribution in [1.82, 2.24) is 0 Å². The first-order chi connectivity index (χ1) is 16.0. The summed E-state index contributed by atoms with van der Waals surface area (Å²) in [5, 5.41) is 6.28. The summed E-state index contributed by atoms with van der Waals surface area (Å²) in [4.78, 5) is 25.6. The van der Waals surface area contributed by atoms with Crippen molar-refractivity contribution in [2.24, 2.45) is 5.92 Å². The standard InChI is InChI=1S/C23H13Cl6FN2O2/c24-15-6-5-12(7-14(15)21(33)31-11-3-1-10(30)2-4-11)32-22(34)20-19(23(20,28)29)13-8-17(26)18(27)9-16(13)25/h1-9,19-20H,(H,31,33)(H,32,34)/t19-,20+/m1/s1. The number of carbonyl (C=O) groups excluding carboxylic acids is 2. The molecule has 34 heavy (non-hydrogen) atoms. The van der Waals surface area contributed by atoms with Crippen LogP contribution in [0.3, 0.4) is 0 Å². The van der Waals surface area contributed by atoms with E-state index in [0.29, 0.717) is 16.9 Å². The monoisotopic (exact) mass is 578 g/mol. The molecule has 3 aromatic rings. The third-order valence-corrected chi connectivity index (χ3v) is 7.61. The number of anilines is 2. The highest BCUT2D eigenvalue weighted by Gasteiger charge is 2.68. The maximum Gasteiger partial charge on any atom is 0.257 e. The summed E-state index contributed by atoms with van der Waals surface area (Å²) in [6.07, 6.45) is 0. The zero-order chi connectivity index (χ0) is 24.8. The first-order valence-electron chi connectivity index (χ1n) is 9.68. The van der Waals surface area contributed by atoms with Gasteiger partial charge in [-0.2, -0.15) is 0 Å². The molecule has 0 aromatic heterocycles. The van der Waals surface area contributed by atoms with Gasteiger partial charge < -0.3 is 10.6 Å². The molecule has 2 amide bonds. The number of nitrogens with one attached hydrogen (secondary N) is 2. The van der Waals surface area contributed by atoms with E-state index in [1.165, 1.54) is 54.6 Å². The van der Waals surface area contributed by atoms with Crippen molar-refractivity contribution < 1.29 is 14.0 Å². The topological polar surface area (TPSA) is 58.2 Å². The zero-order valence-corrected chi connectivity index (χ0v) is 21.3. The molecule has 0 saturated heterocycles. The Morgan fingerprint density at radius 1 is 0.765 bits per heavy atom. The molecule has 0 unspecified atom stereocenters. The zero-order valence-electron chi connectivity index (χ0n) is 16.8. The highest BCUT2D eigenvalue weighted by molar-refractivity contribution is 6.54. The maximum absolute atomic E-state index is 13.1. The van der Waals surface area contributed by atoms with Gasteiger partial charge >= 0.3 is 0 Å². The smallest absolute Gasteiger partial charge is 0.257 e. The molecule has 176 valence electrons. The molecule has 4 rings (SSSR count). The summed E-state index contributed by atoms with van der Waals surface area (Å²) in [6, 6.07) is 12.6. The van der Waals surface area contributed by atoms with Gasteiger partial charge in [-0.15, -0.1) is 23.2 Å². The van der Waals surface area contributed by atoms with Gasteiger partial charge in [0.25, 0.3) is 5.91 Å². The SMILES string of the molecule is O=C(Nc1ccc(F)cc1)c1cc(NC(=O)[C@@H]2[C@@H](c3cc(Cl)c(Cl)cc3Cl)C2(Cl)Cl)ccc1Cl. The third kappa shape index (κ3) is 5.11. The van der Waals surface area contributed by atoms with Gasteiger partial charge in [0.15, 0.2) is 0 Å². The van der Waals surface area contributed by atoms with Crippen molar-refractivity contribution >= 4 is 92.8 Å². The number of carbonyl (C=O) groups is 2. The second-order valence-corrected chi connectivity index (χ2v) is 10.6. The van der Waals surface area contributed by atoms with Crippen LogP contribution in [0.2, 0.25) is 20.1 Å². The fourth-order valence-electron chi connectivity index (χ4n) is 3.54. The normalized spacial score (nSPS) is 18.3. The van der Waals surface area contributed by atoms with Crippen molar-refractivity contribution in [1.29, 1.82) is 0 Å². The summed E-state index contributed by atoms with van der Waals surface area (Å²) >= 11 is 37.3. The average Bonchev–Trinajstić information content (AvgIpc) is 3.35. The Balaban J connectivity index is 1.52. The van der Waals surface area contributed by atoms with Gasteiger partial charge in [0, 0.05) is 22.3 Å². The predicted molar refractivity (Wildman–Crippen MR) is 137 cm³/mol. The molecule has 0 aliphatic heterocycles. The summed E-state index contributed by atoms with van der Waals surface area (Å²) in [7, 11) is 0. The van der Waals surface area contributed by atoms with E-state index in [1.807, 2.05) is 0 Å². The molecular weight excluding hydrogens is 568 g/mol. The van der Waals surface area contributed by atoms with E-state index in [2.05, 4.69) is 10.6 Å². The Bertz CT molecular complexity index is 1300. The van der Waals surface area contributed by atoms with Crippen LogP contribution in [0.1, 0.15) is 21.8 Å². The van der Waals surface area contributed by atoms with Gasteiger partial charge in [0.1, 0.15) is 10.2 Å². The lowest BCUT2D eigenvalue weighted by Crippen LogP contribution is -2.18. The fourth-order valence-corrected chi connectivity index (χ4v) is 5.23. The average molecular weight is 581 g/mol. The van der Waals surface area contributed by atoms with Crippen LogP contribution in [-0.4, -0.2) is 16.1 Å². The van der Waals surface area contributed by atoms with Crippen LogP contribution < -0.4 is 10.6 Å². The van der Waals surface area contributed by atoms with E-state index in [9.17, 15) is 14.0 Å². The molecule has 0 bridgehead atoms. The maximum atomic E-state index is 13.1. The Hall–Kier alpha value is -1.73. The number of hydrogen-bond acceptors (Lipinski definition) is 2. The van der Waals surface area contributed by atoms with Gasteiger partial charge in [0.05, 0.1) is 26.5 Å². The minimum Gasteiger partial charge on any atom is -0.326 e. The van der Waals surface area contributed by atoms with Crippen LogP contribution in [0.5, 0.6) is 0 Å². The van der Waals surface area contributed by atoms with E-state index in [4.69, 9.17) is 69.6 Å². The first-order valence-corrected chi connectivity index (χ1v) is 12.0. The van der Waals surface area contributed by atoms with Gasteiger partial charge in [0.2, 0.25) is 5.91 Å². The van der Waals surface area contributed by atoms with Crippen molar-refractivity contribution in [3.63, 3.8) is 0 Å². The van der Waals surface area contributed by atoms with Crippen LogP contribution in [0.4, 0.5) is 15.8 Å². The minimum atomic E-state index is -1.42. The Morgan fingerprint density at radius 3 is 2.06 bits per heavy atom. The lowest BCUT2D eigenvalue weighted by Gasteiger charge is -2.10. The molecule has 0 radical (unpaired) electrons. The predicted octanol–water partition coefficient (Wildman–Crippen LogP) is 8.22. The van der Waals surface area contributed by atoms with Gasteiger partial charge in [-0.05, 0) is 60.2 Å². The lowest BCUT2D eigenvalue weighted by molar-refractivity contribution is -0.117. The number of rotatable bonds is 5. The van der Waals surface area contributed by atoms with Crippen LogP contribution >= 0.6 is 69.6 Å². The molecule has 2 N–H and O–H groups in total. The highest BCUT2D eigenvalue weighted by atomic mass is 35.5. The van der Waals surface area contributed by atoms with Gasteiger partial charge in [-0.3, -0.25) is 9.59 Å². The van der Waals surface area contributed by atoms with Crippen LogP contribution in [0.15, 0.2) is 54.6 Å². The first kappa shape index (κ1) is 25.4.